The summed E-state index contributed by atoms with van der Waals surface area (Å²) in [6.45, 7) is 0. The lowest BCUT2D eigenvalue weighted by atomic mass is 10.6. The van der Waals surface area contributed by atoms with Crippen LogP contribution in [0.3, 0.4) is 0 Å². The molecule has 0 aromatic heterocycles. The molecule has 0 aromatic carbocycles. The maximum Gasteiger partial charge on any atom is 0.196 e. The van der Waals surface area contributed by atoms with Crippen molar-refractivity contribution in [2.45, 2.75) is 11.9 Å². The number of halogens is 2. The average Bonchev–Trinajstić information content (AvgIpc) is 1.96. The molecular weight excluding hydrogens is 187 g/mol. The van der Waals surface area contributed by atoms with Crippen molar-refractivity contribution in [3.05, 3.63) is 0 Å². The standard InChI is InChI=1S/C5H10Cl2N4/c1-8-5-10-3(6)9-4(7)11(5)2/h4-5,8H,1-2H3,(H,9,10). The van der Waals surface area contributed by atoms with Crippen molar-refractivity contribution >= 4 is 28.5 Å². The molecule has 11 heavy (non-hydrogen) atoms. The number of alkyl halides is 1. The van der Waals surface area contributed by atoms with E-state index in [-0.39, 0.29) is 6.29 Å². The van der Waals surface area contributed by atoms with Crippen LogP contribution in [0.1, 0.15) is 0 Å². The third-order valence-electron chi connectivity index (χ3n) is 1.49. The van der Waals surface area contributed by atoms with Crippen molar-refractivity contribution in [3.63, 3.8) is 0 Å². The largest absolute Gasteiger partial charge is 0.332 e. The normalized spacial score (nSPS) is 32.9. The number of rotatable bonds is 1. The number of aliphatic imine (C=N–C) groups is 1. The van der Waals surface area contributed by atoms with Crippen LogP contribution in [0.4, 0.5) is 0 Å². The molecule has 0 amide bonds. The molecule has 0 aromatic rings. The molecule has 0 fully saturated rings. The monoisotopic (exact) mass is 196 g/mol. The maximum absolute atomic E-state index is 5.81. The molecule has 2 unspecified atom stereocenters. The van der Waals surface area contributed by atoms with Gasteiger partial charge in [-0.15, -0.1) is 0 Å². The minimum atomic E-state index is -0.402. The summed E-state index contributed by atoms with van der Waals surface area (Å²) < 4.78 is 0. The Morgan fingerprint density at radius 2 is 2.36 bits per heavy atom. The van der Waals surface area contributed by atoms with E-state index in [2.05, 4.69) is 15.6 Å². The first-order chi connectivity index (χ1) is 5.15. The van der Waals surface area contributed by atoms with Gasteiger partial charge in [0, 0.05) is 0 Å². The highest BCUT2D eigenvalue weighted by Gasteiger charge is 2.24. The summed E-state index contributed by atoms with van der Waals surface area (Å²) in [7, 11) is 3.66. The van der Waals surface area contributed by atoms with E-state index in [1.165, 1.54) is 0 Å². The van der Waals surface area contributed by atoms with Gasteiger partial charge in [-0.2, -0.15) is 0 Å². The van der Waals surface area contributed by atoms with Gasteiger partial charge in [-0.05, 0) is 25.7 Å². The molecule has 64 valence electrons. The van der Waals surface area contributed by atoms with Crippen LogP contribution in [0, 0.1) is 0 Å². The first kappa shape index (κ1) is 9.06. The highest BCUT2D eigenvalue weighted by Crippen LogP contribution is 2.11. The van der Waals surface area contributed by atoms with Gasteiger partial charge in [0.15, 0.2) is 10.9 Å². The quantitative estimate of drug-likeness (QED) is 0.464. The zero-order valence-electron chi connectivity index (χ0n) is 6.31. The maximum atomic E-state index is 5.81. The Morgan fingerprint density at radius 1 is 1.73 bits per heavy atom. The molecular formula is C5H10Cl2N4. The number of nitrogens with one attached hydrogen (secondary N) is 2. The van der Waals surface area contributed by atoms with Gasteiger partial charge >= 0.3 is 0 Å². The number of nitrogens with zero attached hydrogens (tertiary/aromatic N) is 2. The molecule has 2 atom stereocenters. The molecule has 4 nitrogen and oxygen atoms in total. The van der Waals surface area contributed by atoms with Crippen molar-refractivity contribution < 1.29 is 0 Å². The van der Waals surface area contributed by atoms with Crippen LogP contribution in [-0.4, -0.2) is 36.2 Å². The molecule has 0 bridgehead atoms. The third kappa shape index (κ3) is 1.96. The zero-order chi connectivity index (χ0) is 8.43. The van der Waals surface area contributed by atoms with E-state index >= 15 is 0 Å². The molecule has 0 saturated carbocycles. The molecule has 1 rings (SSSR count). The van der Waals surface area contributed by atoms with E-state index in [1.807, 2.05) is 19.0 Å². The SMILES string of the molecule is CNC1NC(Cl)=NC(Cl)N1C. The molecule has 1 aliphatic heterocycles. The first-order valence-electron chi connectivity index (χ1n) is 3.18. The highest BCUT2D eigenvalue weighted by molar-refractivity contribution is 6.65. The Balaban J connectivity index is 2.67. The Labute approximate surface area is 75.6 Å². The second kappa shape index (κ2) is 3.58. The fraction of sp³-hybridized carbons (Fsp3) is 0.800. The van der Waals surface area contributed by atoms with Crippen LogP contribution in [0.5, 0.6) is 0 Å². The van der Waals surface area contributed by atoms with Crippen LogP contribution in [0.15, 0.2) is 4.99 Å². The summed E-state index contributed by atoms with van der Waals surface area (Å²) in [6.07, 6.45) is -0.0532. The highest BCUT2D eigenvalue weighted by atomic mass is 35.5. The lowest BCUT2D eigenvalue weighted by molar-refractivity contribution is 0.173. The van der Waals surface area contributed by atoms with Gasteiger partial charge in [-0.1, -0.05) is 11.6 Å². The summed E-state index contributed by atoms with van der Waals surface area (Å²) in [4.78, 5) is 5.70. The average molecular weight is 197 g/mol. The van der Waals surface area contributed by atoms with Crippen LogP contribution in [0.2, 0.25) is 0 Å². The lowest BCUT2D eigenvalue weighted by Gasteiger charge is -2.33. The predicted octanol–water partition coefficient (Wildman–Crippen LogP) is 0.142. The molecule has 0 aliphatic carbocycles. The molecule has 1 aliphatic rings. The predicted molar refractivity (Wildman–Crippen MR) is 46.7 cm³/mol. The Bertz CT molecular complexity index is 172. The minimum absolute atomic E-state index is 0.0532. The topological polar surface area (TPSA) is 39.7 Å². The van der Waals surface area contributed by atoms with E-state index in [1.54, 1.807) is 0 Å². The van der Waals surface area contributed by atoms with Gasteiger partial charge in [-0.25, -0.2) is 9.89 Å². The van der Waals surface area contributed by atoms with Crippen LogP contribution < -0.4 is 10.6 Å². The van der Waals surface area contributed by atoms with Crippen molar-refractivity contribution in [1.82, 2.24) is 15.5 Å². The molecule has 0 radical (unpaired) electrons. The molecule has 0 saturated heterocycles. The van der Waals surface area contributed by atoms with Gasteiger partial charge in [0.05, 0.1) is 0 Å². The number of hydrogen-bond acceptors (Lipinski definition) is 4. The molecule has 1 heterocycles. The fourth-order valence-electron chi connectivity index (χ4n) is 0.835. The Morgan fingerprint density at radius 3 is 2.91 bits per heavy atom. The summed E-state index contributed by atoms with van der Waals surface area (Å²) in [5.41, 5.74) is -0.402. The van der Waals surface area contributed by atoms with Crippen LogP contribution in [-0.2, 0) is 0 Å². The second-order valence-electron chi connectivity index (χ2n) is 2.23. The molecule has 2 N–H and O–H groups in total. The number of hydrogen-bond donors (Lipinski definition) is 2. The van der Waals surface area contributed by atoms with Gasteiger partial charge in [0.25, 0.3) is 0 Å². The minimum Gasteiger partial charge on any atom is -0.332 e. The van der Waals surface area contributed by atoms with Crippen LogP contribution >= 0.6 is 23.2 Å². The van der Waals surface area contributed by atoms with E-state index in [0.29, 0.717) is 5.29 Å². The van der Waals surface area contributed by atoms with Crippen LogP contribution in [0.25, 0.3) is 0 Å². The first-order valence-corrected chi connectivity index (χ1v) is 3.99. The Kier molecular flexibility index (Phi) is 2.95. The van der Waals surface area contributed by atoms with Gasteiger partial charge in [0.1, 0.15) is 6.29 Å². The third-order valence-corrected chi connectivity index (χ3v) is 2.10. The molecule has 0 spiro atoms. The molecule has 6 heteroatoms. The lowest BCUT2D eigenvalue weighted by Crippen LogP contribution is -2.58. The van der Waals surface area contributed by atoms with E-state index in [9.17, 15) is 0 Å². The summed E-state index contributed by atoms with van der Waals surface area (Å²) in [5, 5.41) is 6.21. The smallest absolute Gasteiger partial charge is 0.196 e. The summed E-state index contributed by atoms with van der Waals surface area (Å²) >= 11 is 11.4. The van der Waals surface area contributed by atoms with Crippen molar-refractivity contribution in [2.24, 2.45) is 4.99 Å². The fourth-order valence-corrected chi connectivity index (χ4v) is 1.29. The van der Waals surface area contributed by atoms with Gasteiger partial charge in [0.2, 0.25) is 0 Å². The van der Waals surface area contributed by atoms with E-state index in [0.717, 1.165) is 0 Å². The van der Waals surface area contributed by atoms with Crippen molar-refractivity contribution in [2.75, 3.05) is 14.1 Å². The number of amidine groups is 1. The van der Waals surface area contributed by atoms with Gasteiger partial charge in [-0.3, -0.25) is 5.32 Å². The second-order valence-corrected chi connectivity index (χ2v) is 2.98. The van der Waals surface area contributed by atoms with E-state index in [4.69, 9.17) is 23.2 Å². The van der Waals surface area contributed by atoms with Crippen molar-refractivity contribution in [1.29, 1.82) is 0 Å². The van der Waals surface area contributed by atoms with E-state index < -0.39 is 5.62 Å². The van der Waals surface area contributed by atoms with Gasteiger partial charge < -0.3 is 5.32 Å². The zero-order valence-corrected chi connectivity index (χ0v) is 7.82. The summed E-state index contributed by atoms with van der Waals surface area (Å²) in [5.74, 6) is 0. The van der Waals surface area contributed by atoms with Crippen molar-refractivity contribution in [3.8, 4) is 0 Å². The summed E-state index contributed by atoms with van der Waals surface area (Å²) in [6, 6.07) is 0. The Hall–Kier alpha value is -0.0300.